The zero-order valence-corrected chi connectivity index (χ0v) is 15.5. The van der Waals surface area contributed by atoms with E-state index in [1.807, 2.05) is 12.1 Å². The maximum Gasteiger partial charge on any atom is 0.0314 e. The van der Waals surface area contributed by atoms with Crippen LogP contribution in [0.1, 0.15) is 70.8 Å². The van der Waals surface area contributed by atoms with Crippen LogP contribution >= 0.6 is 0 Å². The molecule has 0 saturated heterocycles. The summed E-state index contributed by atoms with van der Waals surface area (Å²) in [5.74, 6) is 0. The van der Waals surface area contributed by atoms with Crippen molar-refractivity contribution in [3.8, 4) is 0 Å². The Morgan fingerprint density at radius 1 is 0.917 bits per heavy atom. The number of hydrogen-bond acceptors (Lipinski definition) is 2. The number of benzene rings is 1. The summed E-state index contributed by atoms with van der Waals surface area (Å²) in [6.07, 6.45) is 15.5. The van der Waals surface area contributed by atoms with Gasteiger partial charge in [0, 0.05) is 11.4 Å². The summed E-state index contributed by atoms with van der Waals surface area (Å²) in [5.41, 5.74) is 17.1. The second kappa shape index (κ2) is 8.96. The molecule has 0 radical (unpaired) electrons. The molecule has 0 aliphatic heterocycles. The van der Waals surface area contributed by atoms with Gasteiger partial charge in [0.1, 0.15) is 0 Å². The molecule has 0 bridgehead atoms. The van der Waals surface area contributed by atoms with E-state index in [2.05, 4.69) is 38.1 Å². The van der Waals surface area contributed by atoms with Gasteiger partial charge in [0.25, 0.3) is 0 Å². The Bertz CT molecular complexity index is 558. The Balaban J connectivity index is 2.00. The lowest BCUT2D eigenvalue weighted by Crippen LogP contribution is -2.25. The van der Waals surface area contributed by atoms with E-state index in [-0.39, 0.29) is 0 Å². The fourth-order valence-corrected chi connectivity index (χ4v) is 3.67. The maximum atomic E-state index is 6.49. The maximum absolute atomic E-state index is 6.49. The number of unbranched alkanes of at least 4 members (excludes halogenated alkanes) is 2. The second-order valence-corrected chi connectivity index (χ2v) is 7.37. The van der Waals surface area contributed by atoms with Gasteiger partial charge in [-0.2, -0.15) is 0 Å². The SMILES string of the molecule is CCCCC1(CCCC)C=CC(CCc2ccc(N)cc2)=C(N)C1. The molecule has 1 aromatic rings. The van der Waals surface area contributed by atoms with Gasteiger partial charge in [-0.25, -0.2) is 0 Å². The first-order valence-corrected chi connectivity index (χ1v) is 9.59. The molecule has 132 valence electrons. The molecule has 2 heteroatoms. The predicted octanol–water partition coefficient (Wildman–Crippen LogP) is 5.74. The Labute approximate surface area is 148 Å². The van der Waals surface area contributed by atoms with Gasteiger partial charge >= 0.3 is 0 Å². The highest BCUT2D eigenvalue weighted by molar-refractivity contribution is 5.40. The molecule has 0 spiro atoms. The number of rotatable bonds is 9. The van der Waals surface area contributed by atoms with Crippen LogP contribution in [-0.4, -0.2) is 0 Å². The average Bonchev–Trinajstić information content (AvgIpc) is 2.59. The fourth-order valence-electron chi connectivity index (χ4n) is 3.67. The third kappa shape index (κ3) is 5.15. The van der Waals surface area contributed by atoms with Crippen LogP contribution in [0.4, 0.5) is 5.69 Å². The van der Waals surface area contributed by atoms with Crippen LogP contribution in [0.2, 0.25) is 0 Å². The summed E-state index contributed by atoms with van der Waals surface area (Å²) >= 11 is 0. The van der Waals surface area contributed by atoms with Crippen molar-refractivity contribution in [3.63, 3.8) is 0 Å². The molecule has 0 unspecified atom stereocenters. The minimum atomic E-state index is 0.306. The minimum absolute atomic E-state index is 0.306. The van der Waals surface area contributed by atoms with Crippen molar-refractivity contribution in [2.45, 2.75) is 71.6 Å². The van der Waals surface area contributed by atoms with E-state index in [9.17, 15) is 0 Å². The molecule has 1 aliphatic rings. The summed E-state index contributed by atoms with van der Waals surface area (Å²) in [6.45, 7) is 4.55. The van der Waals surface area contributed by atoms with Crippen molar-refractivity contribution >= 4 is 5.69 Å². The molecule has 0 saturated carbocycles. The van der Waals surface area contributed by atoms with E-state index in [4.69, 9.17) is 11.5 Å². The van der Waals surface area contributed by atoms with Crippen molar-refractivity contribution < 1.29 is 0 Å². The van der Waals surface area contributed by atoms with E-state index in [0.29, 0.717) is 5.41 Å². The number of allylic oxidation sites excluding steroid dienone is 4. The van der Waals surface area contributed by atoms with Crippen molar-refractivity contribution in [2.24, 2.45) is 11.1 Å². The van der Waals surface area contributed by atoms with E-state index in [1.54, 1.807) is 0 Å². The summed E-state index contributed by atoms with van der Waals surface area (Å²) in [6, 6.07) is 8.19. The smallest absolute Gasteiger partial charge is 0.0314 e. The highest BCUT2D eigenvalue weighted by Gasteiger charge is 2.29. The van der Waals surface area contributed by atoms with E-state index >= 15 is 0 Å². The number of aryl methyl sites for hydroxylation is 1. The molecule has 4 N–H and O–H groups in total. The van der Waals surface area contributed by atoms with E-state index in [1.165, 1.54) is 49.7 Å². The molecule has 2 nitrogen and oxygen atoms in total. The third-order valence-corrected chi connectivity index (χ3v) is 5.31. The predicted molar refractivity (Wildman–Crippen MR) is 106 cm³/mol. The molecule has 2 rings (SSSR count). The van der Waals surface area contributed by atoms with Crippen LogP contribution in [-0.2, 0) is 6.42 Å². The Kier molecular flexibility index (Phi) is 6.96. The van der Waals surface area contributed by atoms with Crippen molar-refractivity contribution in [3.05, 3.63) is 53.3 Å². The normalized spacial score (nSPS) is 16.6. The molecular formula is C22H34N2. The van der Waals surface area contributed by atoms with Gasteiger partial charge < -0.3 is 11.5 Å². The summed E-state index contributed by atoms with van der Waals surface area (Å²) in [7, 11) is 0. The van der Waals surface area contributed by atoms with Gasteiger partial charge in [0.2, 0.25) is 0 Å². The second-order valence-electron chi connectivity index (χ2n) is 7.37. The molecule has 0 fully saturated rings. The van der Waals surface area contributed by atoms with Gasteiger partial charge in [-0.05, 0) is 60.8 Å². The van der Waals surface area contributed by atoms with Gasteiger partial charge in [-0.15, -0.1) is 0 Å². The molecule has 0 aromatic heterocycles. The molecule has 1 aromatic carbocycles. The molecule has 0 amide bonds. The monoisotopic (exact) mass is 326 g/mol. The third-order valence-electron chi connectivity index (χ3n) is 5.31. The number of nitrogen functional groups attached to an aromatic ring is 1. The van der Waals surface area contributed by atoms with Crippen molar-refractivity contribution in [1.29, 1.82) is 0 Å². The minimum Gasteiger partial charge on any atom is -0.402 e. The average molecular weight is 327 g/mol. The highest BCUT2D eigenvalue weighted by atomic mass is 14.6. The zero-order chi connectivity index (χ0) is 17.4. The van der Waals surface area contributed by atoms with Crippen LogP contribution in [0.25, 0.3) is 0 Å². The summed E-state index contributed by atoms with van der Waals surface area (Å²) < 4.78 is 0. The van der Waals surface area contributed by atoms with Crippen molar-refractivity contribution in [2.75, 3.05) is 5.73 Å². The van der Waals surface area contributed by atoms with Gasteiger partial charge in [0.15, 0.2) is 0 Å². The first-order valence-electron chi connectivity index (χ1n) is 9.59. The standard InChI is InChI=1S/C22H34N2/c1-3-5-14-22(15-6-4-2)16-13-19(21(24)17-22)10-7-18-8-11-20(23)12-9-18/h8-9,11-13,16H,3-7,10,14-15,17,23-24H2,1-2H3. The Morgan fingerprint density at radius 3 is 2.08 bits per heavy atom. The topological polar surface area (TPSA) is 52.0 Å². The highest BCUT2D eigenvalue weighted by Crippen LogP contribution is 2.42. The van der Waals surface area contributed by atoms with Crippen LogP contribution in [0.15, 0.2) is 47.7 Å². The van der Waals surface area contributed by atoms with Gasteiger partial charge in [0.05, 0.1) is 0 Å². The van der Waals surface area contributed by atoms with Crippen LogP contribution < -0.4 is 11.5 Å². The molecule has 0 heterocycles. The Morgan fingerprint density at radius 2 is 1.54 bits per heavy atom. The van der Waals surface area contributed by atoms with Crippen LogP contribution in [0.5, 0.6) is 0 Å². The number of nitrogens with two attached hydrogens (primary N) is 2. The largest absolute Gasteiger partial charge is 0.402 e. The van der Waals surface area contributed by atoms with Gasteiger partial charge in [-0.3, -0.25) is 0 Å². The quantitative estimate of drug-likeness (QED) is 0.568. The van der Waals surface area contributed by atoms with Crippen molar-refractivity contribution in [1.82, 2.24) is 0 Å². The summed E-state index contributed by atoms with van der Waals surface area (Å²) in [4.78, 5) is 0. The van der Waals surface area contributed by atoms with Crippen LogP contribution in [0, 0.1) is 5.41 Å². The molecule has 24 heavy (non-hydrogen) atoms. The molecular weight excluding hydrogens is 292 g/mol. The first-order chi connectivity index (χ1) is 11.6. The summed E-state index contributed by atoms with van der Waals surface area (Å²) in [5, 5.41) is 0. The Hall–Kier alpha value is -1.70. The molecule has 0 atom stereocenters. The van der Waals surface area contributed by atoms with Gasteiger partial charge in [-0.1, -0.05) is 63.8 Å². The number of anilines is 1. The number of hydrogen-bond donors (Lipinski definition) is 2. The zero-order valence-electron chi connectivity index (χ0n) is 15.5. The first kappa shape index (κ1) is 18.6. The van der Waals surface area contributed by atoms with Crippen LogP contribution in [0.3, 0.4) is 0 Å². The lowest BCUT2D eigenvalue weighted by molar-refractivity contribution is 0.294. The fraction of sp³-hybridized carbons (Fsp3) is 0.545. The van der Waals surface area contributed by atoms with E-state index < -0.39 is 0 Å². The molecule has 1 aliphatic carbocycles. The van der Waals surface area contributed by atoms with E-state index in [0.717, 1.165) is 30.6 Å². The lowest BCUT2D eigenvalue weighted by Gasteiger charge is -2.35. The lowest BCUT2D eigenvalue weighted by atomic mass is 9.71.